The number of hydrogen-bond donors (Lipinski definition) is 1. The molecule has 208 valence electrons. The number of amides is 1. The molecule has 4 heterocycles. The third-order valence-electron chi connectivity index (χ3n) is 7.91. The van der Waals surface area contributed by atoms with Crippen molar-refractivity contribution < 1.29 is 14.3 Å². The molecule has 2 fully saturated rings. The number of imidazole rings is 1. The van der Waals surface area contributed by atoms with Crippen LogP contribution in [-0.4, -0.2) is 50.4 Å². The first-order valence-electron chi connectivity index (χ1n) is 13.8. The van der Waals surface area contributed by atoms with Crippen molar-refractivity contribution in [3.8, 4) is 11.6 Å². The average Bonchev–Trinajstić information content (AvgIpc) is 3.57. The monoisotopic (exact) mass is 561 g/mol. The van der Waals surface area contributed by atoms with Crippen LogP contribution >= 0.6 is 11.6 Å². The van der Waals surface area contributed by atoms with Gasteiger partial charge in [-0.05, 0) is 62.8 Å². The van der Waals surface area contributed by atoms with Gasteiger partial charge in [0.2, 0.25) is 5.88 Å². The van der Waals surface area contributed by atoms with E-state index < -0.39 is 0 Å². The first-order valence-corrected chi connectivity index (χ1v) is 14.2. The summed E-state index contributed by atoms with van der Waals surface area (Å²) in [5, 5.41) is 3.59. The summed E-state index contributed by atoms with van der Waals surface area (Å²) in [6.45, 7) is 3.71. The number of fused-ring (bicyclic) bond motifs is 1. The van der Waals surface area contributed by atoms with E-state index in [9.17, 15) is 9.59 Å². The summed E-state index contributed by atoms with van der Waals surface area (Å²) < 4.78 is 14.9. The maximum absolute atomic E-state index is 13.7. The van der Waals surface area contributed by atoms with E-state index in [-0.39, 0.29) is 23.7 Å². The van der Waals surface area contributed by atoms with Gasteiger partial charge in [0, 0.05) is 31.3 Å². The lowest BCUT2D eigenvalue weighted by Gasteiger charge is -2.29. The molecule has 1 aliphatic heterocycles. The van der Waals surface area contributed by atoms with E-state index >= 15 is 0 Å². The Morgan fingerprint density at radius 3 is 2.60 bits per heavy atom. The third kappa shape index (κ3) is 5.48. The Bertz CT molecular complexity index is 1570. The first-order chi connectivity index (χ1) is 19.5. The maximum Gasteiger partial charge on any atom is 0.333 e. The number of ether oxygens (including phenoxy) is 2. The normalized spacial score (nSPS) is 21.0. The van der Waals surface area contributed by atoms with Gasteiger partial charge in [0.15, 0.2) is 0 Å². The fourth-order valence-electron chi connectivity index (χ4n) is 5.73. The van der Waals surface area contributed by atoms with Crippen LogP contribution in [-0.2, 0) is 11.3 Å². The molecule has 3 aromatic heterocycles. The molecule has 1 atom stereocenters. The Kier molecular flexibility index (Phi) is 7.58. The van der Waals surface area contributed by atoms with Gasteiger partial charge in [0.1, 0.15) is 6.10 Å². The van der Waals surface area contributed by atoms with E-state index in [1.54, 1.807) is 30.0 Å². The van der Waals surface area contributed by atoms with Crippen molar-refractivity contribution in [1.82, 2.24) is 24.4 Å². The van der Waals surface area contributed by atoms with E-state index in [1.165, 1.54) is 0 Å². The molecule has 9 nitrogen and oxygen atoms in total. The highest BCUT2D eigenvalue weighted by Crippen LogP contribution is 2.28. The van der Waals surface area contributed by atoms with Crippen molar-refractivity contribution in [3.05, 3.63) is 81.6 Å². The summed E-state index contributed by atoms with van der Waals surface area (Å²) in [5.41, 5.74) is 3.53. The molecule has 6 rings (SSSR count). The Balaban J connectivity index is 1.15. The van der Waals surface area contributed by atoms with Crippen LogP contribution in [0.25, 0.3) is 16.7 Å². The Hall–Kier alpha value is -3.69. The van der Waals surface area contributed by atoms with Crippen LogP contribution in [0, 0.1) is 12.8 Å². The van der Waals surface area contributed by atoms with Crippen molar-refractivity contribution in [2.75, 3.05) is 13.2 Å². The number of carbonyl (C=O) groups is 1. The predicted molar refractivity (Wildman–Crippen MR) is 152 cm³/mol. The topological polar surface area (TPSA) is 100 Å². The van der Waals surface area contributed by atoms with Crippen molar-refractivity contribution >= 4 is 28.5 Å². The van der Waals surface area contributed by atoms with E-state index in [1.807, 2.05) is 41.0 Å². The van der Waals surface area contributed by atoms with Gasteiger partial charge in [-0.1, -0.05) is 23.7 Å². The third-order valence-corrected chi connectivity index (χ3v) is 8.12. The first kappa shape index (κ1) is 26.5. The molecular formula is C30H32ClN5O4. The van der Waals surface area contributed by atoms with Gasteiger partial charge in [0.25, 0.3) is 5.91 Å². The van der Waals surface area contributed by atoms with E-state index in [4.69, 9.17) is 21.1 Å². The summed E-state index contributed by atoms with van der Waals surface area (Å²) >= 11 is 6.05. The molecule has 1 aromatic carbocycles. The van der Waals surface area contributed by atoms with Crippen LogP contribution in [0.3, 0.4) is 0 Å². The molecular weight excluding hydrogens is 530 g/mol. The summed E-state index contributed by atoms with van der Waals surface area (Å²) in [4.78, 5) is 35.2. The van der Waals surface area contributed by atoms with Crippen LogP contribution in [0.1, 0.15) is 48.2 Å². The molecule has 4 aromatic rings. The zero-order chi connectivity index (χ0) is 27.6. The quantitative estimate of drug-likeness (QED) is 0.351. The lowest BCUT2D eigenvalue weighted by atomic mass is 9.85. The molecule has 40 heavy (non-hydrogen) atoms. The SMILES string of the molecule is Cc1ncc(Cl)cc1C(=O)NC1CCC(Cn2c(=O)n(-c3ccc(O[C@H]4CCOC4)nc3)c3ccccc32)CC1. The molecule has 0 unspecified atom stereocenters. The van der Waals surface area contributed by atoms with Crippen molar-refractivity contribution in [3.63, 3.8) is 0 Å². The van der Waals surface area contributed by atoms with Gasteiger partial charge in [-0.3, -0.25) is 18.9 Å². The smallest absolute Gasteiger partial charge is 0.333 e. The minimum Gasteiger partial charge on any atom is -0.472 e. The van der Waals surface area contributed by atoms with Gasteiger partial charge in [0.05, 0.1) is 52.4 Å². The summed E-state index contributed by atoms with van der Waals surface area (Å²) in [5.74, 6) is 0.723. The number of para-hydroxylation sites is 2. The fourth-order valence-corrected chi connectivity index (χ4v) is 5.89. The second-order valence-corrected chi connectivity index (χ2v) is 11.1. The molecule has 1 N–H and O–H groups in total. The molecule has 0 bridgehead atoms. The number of nitrogens with one attached hydrogen (secondary N) is 1. The van der Waals surface area contributed by atoms with Gasteiger partial charge in [-0.2, -0.15) is 0 Å². The minimum atomic E-state index is -0.142. The summed E-state index contributed by atoms with van der Waals surface area (Å²) in [6, 6.07) is 13.3. The second-order valence-electron chi connectivity index (χ2n) is 10.7. The zero-order valence-electron chi connectivity index (χ0n) is 22.4. The van der Waals surface area contributed by atoms with Gasteiger partial charge >= 0.3 is 5.69 Å². The number of pyridine rings is 2. The molecule has 1 aliphatic carbocycles. The lowest BCUT2D eigenvalue weighted by molar-refractivity contribution is 0.0919. The summed E-state index contributed by atoms with van der Waals surface area (Å²) in [6.07, 6.45) is 7.65. The van der Waals surface area contributed by atoms with Crippen molar-refractivity contribution in [2.24, 2.45) is 5.92 Å². The number of benzene rings is 1. The highest BCUT2D eigenvalue weighted by molar-refractivity contribution is 6.30. The molecule has 2 aliphatic rings. The minimum absolute atomic E-state index is 0.0179. The number of carbonyl (C=O) groups excluding carboxylic acids is 1. The highest BCUT2D eigenvalue weighted by atomic mass is 35.5. The van der Waals surface area contributed by atoms with Crippen LogP contribution in [0.2, 0.25) is 5.02 Å². The molecule has 1 amide bonds. The average molecular weight is 562 g/mol. The number of rotatable bonds is 7. The zero-order valence-corrected chi connectivity index (χ0v) is 23.1. The van der Waals surface area contributed by atoms with Crippen molar-refractivity contribution in [2.45, 2.75) is 57.7 Å². The standard InChI is InChI=1S/C30H32ClN5O4/c1-19-25(14-21(31)15-32-19)29(37)34-22-8-6-20(7-9-22)17-35-26-4-2-3-5-27(26)36(30(35)38)23-10-11-28(33-16-23)40-24-12-13-39-18-24/h2-5,10-11,14-16,20,22,24H,6-9,12-13,17-18H2,1H3,(H,34,37)/t20?,22?,24-/m0/s1. The van der Waals surface area contributed by atoms with Gasteiger partial charge in [-0.15, -0.1) is 0 Å². The van der Waals surface area contributed by atoms with Crippen LogP contribution in [0.4, 0.5) is 0 Å². The Morgan fingerprint density at radius 2 is 1.88 bits per heavy atom. The van der Waals surface area contributed by atoms with Gasteiger partial charge < -0.3 is 14.8 Å². The number of halogens is 1. The Labute approximate surface area is 237 Å². The maximum atomic E-state index is 13.7. The largest absolute Gasteiger partial charge is 0.472 e. The van der Waals surface area contributed by atoms with Crippen molar-refractivity contribution in [1.29, 1.82) is 0 Å². The highest BCUT2D eigenvalue weighted by Gasteiger charge is 2.26. The molecule has 1 saturated heterocycles. The molecule has 10 heteroatoms. The molecule has 1 saturated carbocycles. The fraction of sp³-hybridized carbons (Fsp3) is 0.400. The van der Waals surface area contributed by atoms with Gasteiger partial charge in [-0.25, -0.2) is 9.78 Å². The van der Waals surface area contributed by atoms with Crippen LogP contribution in [0.15, 0.2) is 59.7 Å². The molecule has 0 radical (unpaired) electrons. The molecule has 0 spiro atoms. The van der Waals surface area contributed by atoms with E-state index in [0.717, 1.165) is 43.1 Å². The number of nitrogens with zero attached hydrogens (tertiary/aromatic N) is 4. The van der Waals surface area contributed by atoms with E-state index in [0.29, 0.717) is 53.5 Å². The Morgan fingerprint density at radius 1 is 1.07 bits per heavy atom. The number of aryl methyl sites for hydroxylation is 1. The van der Waals surface area contributed by atoms with Crippen LogP contribution in [0.5, 0.6) is 5.88 Å². The lowest BCUT2D eigenvalue weighted by Crippen LogP contribution is -2.39. The van der Waals surface area contributed by atoms with Crippen LogP contribution < -0.4 is 15.7 Å². The second kappa shape index (κ2) is 11.4. The number of hydrogen-bond acceptors (Lipinski definition) is 6. The van der Waals surface area contributed by atoms with E-state index in [2.05, 4.69) is 15.3 Å². The summed E-state index contributed by atoms with van der Waals surface area (Å²) in [7, 11) is 0. The predicted octanol–water partition coefficient (Wildman–Crippen LogP) is 4.70. The number of aromatic nitrogens is 4.